The highest BCUT2D eigenvalue weighted by Crippen LogP contribution is 2.55. The van der Waals surface area contributed by atoms with Gasteiger partial charge >= 0.3 is 11.9 Å². The molecule has 2 saturated heterocycles. The molecule has 0 aromatic heterocycles. The number of likely N-dealkylation sites (N-methyl/N-ethyl adjacent to an activating group) is 2. The lowest BCUT2D eigenvalue weighted by Crippen LogP contribution is -3.00. The van der Waals surface area contributed by atoms with Gasteiger partial charge in [-0.3, -0.25) is 38.6 Å². The van der Waals surface area contributed by atoms with Crippen molar-refractivity contribution in [3.63, 3.8) is 0 Å². The van der Waals surface area contributed by atoms with Crippen LogP contribution in [0.15, 0.2) is 270 Å². The highest BCUT2D eigenvalue weighted by atomic mass is 127. The molecule has 3 atom stereocenters. The maximum absolute atomic E-state index is 13.8. The normalized spacial score (nSPS) is 19.9. The number of hydrogen-bond donors (Lipinski definition) is 2. The molecule has 3 unspecified atom stereocenters. The lowest BCUT2D eigenvalue weighted by molar-refractivity contribution is -0.143. The highest BCUT2D eigenvalue weighted by Gasteiger charge is 2.49. The second-order valence-electron chi connectivity index (χ2n) is 40.3. The smallest absolute Gasteiger partial charge is 0.307 e. The third-order valence-corrected chi connectivity index (χ3v) is 32.5. The van der Waals surface area contributed by atoms with Crippen molar-refractivity contribution >= 4 is 176 Å². The molecule has 0 spiro atoms. The molecule has 143 heavy (non-hydrogen) atoms. The van der Waals surface area contributed by atoms with Crippen LogP contribution in [0.4, 0.5) is 39.8 Å². The van der Waals surface area contributed by atoms with Crippen molar-refractivity contribution in [1.82, 2.24) is 9.80 Å². The van der Waals surface area contributed by atoms with Crippen LogP contribution in [0.2, 0.25) is 0 Å². The van der Waals surface area contributed by atoms with Gasteiger partial charge in [-0.05, 0) is 184 Å². The molecule has 0 saturated carbocycles. The number of thioether (sulfide) groups is 2. The number of ketones is 2. The number of ether oxygens (including phenoxy) is 1. The maximum atomic E-state index is 13.8. The summed E-state index contributed by atoms with van der Waals surface area (Å²) in [7, 11) is 4.37. The van der Waals surface area contributed by atoms with Crippen molar-refractivity contribution in [1.29, 1.82) is 0 Å². The molecule has 9 aromatic carbocycles. The molecule has 760 valence electrons. The summed E-state index contributed by atoms with van der Waals surface area (Å²) in [6, 6.07) is 66.4. The van der Waals surface area contributed by atoms with Gasteiger partial charge in [0.25, 0.3) is 11.8 Å². The number of benzene rings is 9. The van der Waals surface area contributed by atoms with E-state index in [0.29, 0.717) is 62.0 Å². The van der Waals surface area contributed by atoms with E-state index in [2.05, 4.69) is 318 Å². The first-order valence-corrected chi connectivity index (χ1v) is 52.2. The van der Waals surface area contributed by atoms with Crippen molar-refractivity contribution in [2.45, 2.75) is 220 Å². The number of carbonyl (C=O) groups excluding carboxylic acids is 5. The Morgan fingerprint density at radius 2 is 0.930 bits per heavy atom. The molecule has 2 N–H and O–H groups in total. The number of thiocarbonyl (C=S) groups is 2. The van der Waals surface area contributed by atoms with E-state index in [1.807, 2.05) is 65.6 Å². The summed E-state index contributed by atoms with van der Waals surface area (Å²) in [6.07, 6.45) is 23.8. The molecule has 0 bridgehead atoms. The molecule has 2 amide bonds. The van der Waals surface area contributed by atoms with Gasteiger partial charge in [0.15, 0.2) is 11.6 Å². The van der Waals surface area contributed by atoms with Gasteiger partial charge in [0.05, 0.1) is 54.4 Å². The predicted molar refractivity (Wildman–Crippen MR) is 597 cm³/mol. The zero-order chi connectivity index (χ0) is 100.0. The summed E-state index contributed by atoms with van der Waals surface area (Å²) in [5.74, 6) is -0.692. The lowest BCUT2D eigenvalue weighted by Gasteiger charge is -2.32. The SMILES string of the molecule is C.CCCCN1c2ccc(CC(=O)CN3C(=O)/C(=C\C=C4/N(CCC(=O)O)c5ccccc5C4(C)C)SC3=S)cc2C(C)(C)C1/C=C/C=C1/N(C)c2ccc3ccccc3c2C1(C)C.CCCCN1c2ccc(CC(=O)CN3C(=O)/C(=C\C=C4/N(CCC(=O)OCC)c5ccccc5C4(C)C)SC3=S)cc2C(C)(C)C1C.CN1c2ccc3ccccc3c2C(C)(C)C1/C=C/Nc1ccccc1.ClCCCl.[Br-].[I-].[I-]. The summed E-state index contributed by atoms with van der Waals surface area (Å²) in [6.45, 7) is 38.4. The number of carbonyl (C=O) groups is 6. The number of hydrogen-bond acceptors (Lipinski definition) is 18. The van der Waals surface area contributed by atoms with Gasteiger partial charge in [0, 0.05) is 160 Å². The third kappa shape index (κ3) is 24.2. The summed E-state index contributed by atoms with van der Waals surface area (Å²) in [5, 5.41) is 18.1. The minimum Gasteiger partial charge on any atom is -1.00 e. The van der Waals surface area contributed by atoms with Crippen LogP contribution in [0, 0.1) is 0 Å². The average Bonchev–Trinajstić information content (AvgIpc) is 1.57. The van der Waals surface area contributed by atoms with Crippen LogP contribution in [0.1, 0.15) is 201 Å². The Kier molecular flexibility index (Phi) is 39.8. The number of esters is 1. The number of carboxylic acid groups (broad SMARTS) is 1. The molecule has 9 aromatic rings. The number of unbranched alkanes of at least 4 members (excludes halogenated alkanes) is 2. The Hall–Kier alpha value is -9.10. The van der Waals surface area contributed by atoms with E-state index in [-0.39, 0.29) is 174 Å². The predicted octanol–water partition coefficient (Wildman–Crippen LogP) is 17.1. The Labute approximate surface area is 922 Å². The fourth-order valence-corrected chi connectivity index (χ4v) is 23.9. The molecule has 0 radical (unpaired) electrons. The Morgan fingerprint density at radius 1 is 0.476 bits per heavy atom. The van der Waals surface area contributed by atoms with Crippen molar-refractivity contribution < 1.29 is 104 Å². The van der Waals surface area contributed by atoms with Crippen LogP contribution in [0.25, 0.3) is 21.5 Å². The summed E-state index contributed by atoms with van der Waals surface area (Å²) >= 11 is 23.8. The van der Waals surface area contributed by atoms with Crippen LogP contribution >= 0.6 is 71.2 Å². The van der Waals surface area contributed by atoms with Crippen LogP contribution in [0.3, 0.4) is 0 Å². The summed E-state index contributed by atoms with van der Waals surface area (Å²) in [4.78, 5) is 95.9. The minimum atomic E-state index is -0.873. The van der Waals surface area contributed by atoms with Crippen LogP contribution in [-0.4, -0.2) is 149 Å². The number of rotatable bonds is 29. The van der Waals surface area contributed by atoms with E-state index < -0.39 is 11.4 Å². The first-order chi connectivity index (χ1) is 66.3. The van der Waals surface area contributed by atoms with Crippen LogP contribution in [-0.2, 0) is 78.8 Å². The van der Waals surface area contributed by atoms with Gasteiger partial charge in [-0.25, -0.2) is 0 Å². The van der Waals surface area contributed by atoms with Crippen LogP contribution in [0.5, 0.6) is 0 Å². The molecular weight excluding hydrogens is 2190 g/mol. The average molecular weight is 2330 g/mol. The molecule has 8 aliphatic rings. The van der Waals surface area contributed by atoms with E-state index in [0.717, 1.165) is 89.5 Å². The fraction of sp³-hybridized carbons (Fsp3) is 0.385. The molecule has 0 aliphatic carbocycles. The fourth-order valence-electron chi connectivity index (χ4n) is 21.6. The molecule has 2 fully saturated rings. The van der Waals surface area contributed by atoms with E-state index in [1.165, 1.54) is 106 Å². The van der Waals surface area contributed by atoms with E-state index in [9.17, 15) is 33.9 Å². The minimum absolute atomic E-state index is 0. The first-order valence-electron chi connectivity index (χ1n) is 48.6. The van der Waals surface area contributed by atoms with Gasteiger partial charge in [0.1, 0.15) is 8.64 Å². The number of fused-ring (bicyclic) bond motifs is 10. The molecule has 26 heteroatoms. The lowest BCUT2D eigenvalue weighted by atomic mass is 9.78. The number of allylic oxidation sites excluding steroid dienone is 9. The van der Waals surface area contributed by atoms with Gasteiger partial charge in [-0.1, -0.05) is 317 Å². The van der Waals surface area contributed by atoms with Crippen molar-refractivity contribution in [3.05, 3.63) is 314 Å². The Morgan fingerprint density at radius 3 is 1.43 bits per heavy atom. The third-order valence-electron chi connectivity index (χ3n) is 29.1. The zero-order valence-electron chi connectivity index (χ0n) is 84.8. The van der Waals surface area contributed by atoms with Gasteiger partial charge in [0.2, 0.25) is 0 Å². The number of para-hydroxylation sites is 3. The number of carboxylic acids is 1. The zero-order valence-corrected chi connectivity index (χ0v) is 95.4. The standard InChI is InChI=1S/C53H58N4O4S2.C38H47N3O4S2.C23H24N2.C2H4Cl2.CH4.BrH.2HI/c1-9-10-29-55-41-24-22-34(32-39(41)52(4,5)45(55)21-15-20-44-53(6,7)48-37-17-12-11-16-35(37)23-25-42(48)54(44)8)31-36(58)33-57-49(61)43(63-50(57)62)26-27-46-51(2,3)38-18-13-14-19-40(38)56(46)30-28-47(59)60;1-8-10-20-39-25(3)37(4,5)29-23-26(15-16-31(29)39)22-27(42)24-41-35(44)32(47-36(41)46)17-18-33-38(6,7)28-13-11-12-14-30(28)40(33)21-19-34(43)45-9-2;1-23(2)21(15-16-24-18-10-5-4-6-11-18)25(3)20-14-13-17-9-7-8-12-19(17)22(20)23;3-1-2-4;;;;/h11-27,32,45H,9-10,28-31,33H2,1-8H3,(H,59,60);11-18,23,25H,8-10,19-22,24H2,1-7H3;4-16,21,24H,1-3H3;1-2H2;1H4;3*1H/p-3/b21-15+,43-26+,44-20+,46-27-;32-17+,33-18-;16-15+;;;;;. The number of halogens is 5. The summed E-state index contributed by atoms with van der Waals surface area (Å²) in [5.41, 5.74) is 19.6. The molecule has 17 rings (SSSR count). The highest BCUT2D eigenvalue weighted by molar-refractivity contribution is 8.27. The number of amides is 2. The number of aliphatic carboxylic acids is 1. The van der Waals surface area contributed by atoms with E-state index in [4.69, 9.17) is 52.4 Å². The maximum Gasteiger partial charge on any atom is 0.307 e. The molecule has 8 heterocycles. The second-order valence-corrected chi connectivity index (χ2v) is 44.4. The number of nitrogens with one attached hydrogen (secondary N) is 1. The van der Waals surface area contributed by atoms with Crippen LogP contribution < -0.4 is 99.7 Å². The molecule has 8 aliphatic heterocycles. The van der Waals surface area contributed by atoms with Gasteiger partial charge < -0.3 is 109 Å². The van der Waals surface area contributed by atoms with Gasteiger partial charge in [-0.15, -0.1) is 23.2 Å². The number of nitrogens with zero attached hydrogens (tertiary/aromatic N) is 8. The van der Waals surface area contributed by atoms with Crippen molar-refractivity contribution in [2.24, 2.45) is 0 Å². The Balaban J connectivity index is 0.000000230. The van der Waals surface area contributed by atoms with Crippen molar-refractivity contribution in [3.8, 4) is 0 Å². The monoisotopic (exact) mass is 2330 g/mol. The number of alkyl halides is 2. The largest absolute Gasteiger partial charge is 1.00 e. The first kappa shape index (κ1) is 116. The summed E-state index contributed by atoms with van der Waals surface area (Å²) < 4.78 is 5.92. The number of anilines is 7. The Bertz CT molecular complexity index is 6470. The topological polar surface area (TPSA) is 170 Å². The van der Waals surface area contributed by atoms with Gasteiger partial charge in [-0.2, -0.15) is 0 Å². The van der Waals surface area contributed by atoms with Crippen molar-refractivity contribution in [2.75, 3.05) is 106 Å². The van der Waals surface area contributed by atoms with E-state index in [1.54, 1.807) is 19.1 Å². The quantitative estimate of drug-likeness (QED) is 0.0149. The molecular formula is C117H137BrCl2I2N9O8S4-3. The number of Topliss-reactive ketones (excluding diaryl/α,β-unsaturated/α-hetero) is 2. The second kappa shape index (κ2) is 49.1. The van der Waals surface area contributed by atoms with E-state index >= 15 is 0 Å². The molecule has 17 nitrogen and oxygen atoms in total.